The molecule has 1 rings (SSSR count). The van der Waals surface area contributed by atoms with E-state index in [-0.39, 0.29) is 17.1 Å². The van der Waals surface area contributed by atoms with Crippen LogP contribution in [0, 0.1) is 0 Å². The van der Waals surface area contributed by atoms with Crippen molar-refractivity contribution >= 4 is 11.9 Å². The van der Waals surface area contributed by atoms with Gasteiger partial charge in [0.15, 0.2) is 17.6 Å². The third-order valence-electron chi connectivity index (χ3n) is 2.82. The number of carbonyl (C=O) groups is 2. The Balaban J connectivity index is 2.78. The Bertz CT molecular complexity index is 551. The molecular weight excluding hydrogens is 312 g/mol. The van der Waals surface area contributed by atoms with Gasteiger partial charge in [0.25, 0.3) is 5.91 Å². The molecule has 0 aliphatic heterocycles. The predicted octanol–water partition coefficient (Wildman–Crippen LogP) is 2.37. The molecule has 0 aromatic heterocycles. The number of methoxy groups -OCH3 is 1. The predicted molar refractivity (Wildman–Crippen MR) is 77.8 cm³/mol. The van der Waals surface area contributed by atoms with Gasteiger partial charge in [-0.25, -0.2) is 4.79 Å². The van der Waals surface area contributed by atoms with Crippen molar-refractivity contribution in [2.24, 2.45) is 0 Å². The van der Waals surface area contributed by atoms with E-state index in [4.69, 9.17) is 9.47 Å². The van der Waals surface area contributed by atoms with Gasteiger partial charge >= 0.3 is 12.6 Å². The Morgan fingerprint density at radius 1 is 1.26 bits per heavy atom. The normalized spacial score (nSPS) is 11.7. The van der Waals surface area contributed by atoms with E-state index in [2.05, 4.69) is 10.1 Å². The number of alkyl halides is 2. The standard InChI is InChI=1S/C15H19F2NO5/c1-4-7-18-13(19)9(2)22-14(20)10-5-6-11(23-15(16)17)12(8-10)21-3/h5-6,8-9,15H,4,7H2,1-3H3,(H,18,19). The van der Waals surface area contributed by atoms with Crippen LogP contribution in [0.2, 0.25) is 0 Å². The molecule has 0 aliphatic carbocycles. The zero-order valence-corrected chi connectivity index (χ0v) is 13.1. The van der Waals surface area contributed by atoms with E-state index in [9.17, 15) is 18.4 Å². The molecule has 23 heavy (non-hydrogen) atoms. The molecule has 6 nitrogen and oxygen atoms in total. The summed E-state index contributed by atoms with van der Waals surface area (Å²) in [4.78, 5) is 23.6. The minimum atomic E-state index is -3.01. The minimum Gasteiger partial charge on any atom is -0.493 e. The monoisotopic (exact) mass is 331 g/mol. The first kappa shape index (κ1) is 18.7. The van der Waals surface area contributed by atoms with E-state index in [0.717, 1.165) is 6.42 Å². The molecule has 0 saturated carbocycles. The highest BCUT2D eigenvalue weighted by molar-refractivity contribution is 5.92. The summed E-state index contributed by atoms with van der Waals surface area (Å²) in [5.41, 5.74) is 0.0543. The van der Waals surface area contributed by atoms with Crippen LogP contribution in [0.5, 0.6) is 11.5 Å². The fourth-order valence-corrected chi connectivity index (χ4v) is 1.66. The fraction of sp³-hybridized carbons (Fsp3) is 0.467. The van der Waals surface area contributed by atoms with Gasteiger partial charge in [-0.3, -0.25) is 4.79 Å². The molecule has 0 saturated heterocycles. The first-order valence-electron chi connectivity index (χ1n) is 7.00. The molecule has 0 bridgehead atoms. The number of rotatable bonds is 8. The molecule has 8 heteroatoms. The SMILES string of the molecule is CCCNC(=O)C(C)OC(=O)c1ccc(OC(F)F)c(OC)c1. The van der Waals surface area contributed by atoms with Crippen LogP contribution in [-0.2, 0) is 9.53 Å². The summed E-state index contributed by atoms with van der Waals surface area (Å²) in [7, 11) is 1.25. The lowest BCUT2D eigenvalue weighted by Gasteiger charge is -2.14. The second-order valence-electron chi connectivity index (χ2n) is 4.58. The number of benzene rings is 1. The molecule has 1 atom stereocenters. The Hall–Kier alpha value is -2.38. The molecule has 0 fully saturated rings. The number of hydrogen-bond acceptors (Lipinski definition) is 5. The molecule has 0 heterocycles. The average molecular weight is 331 g/mol. The van der Waals surface area contributed by atoms with Crippen molar-refractivity contribution in [3.8, 4) is 11.5 Å². The molecular formula is C15H19F2NO5. The smallest absolute Gasteiger partial charge is 0.387 e. The van der Waals surface area contributed by atoms with Crippen molar-refractivity contribution in [1.82, 2.24) is 5.32 Å². The van der Waals surface area contributed by atoms with Gasteiger partial charge in [-0.15, -0.1) is 0 Å². The zero-order chi connectivity index (χ0) is 17.4. The summed E-state index contributed by atoms with van der Waals surface area (Å²) < 4.78 is 38.7. The lowest BCUT2D eigenvalue weighted by molar-refractivity contribution is -0.129. The van der Waals surface area contributed by atoms with Gasteiger partial charge in [0, 0.05) is 6.54 Å². The molecule has 128 valence electrons. The van der Waals surface area contributed by atoms with Crippen LogP contribution in [0.1, 0.15) is 30.6 Å². The van der Waals surface area contributed by atoms with Crippen molar-refractivity contribution < 1.29 is 32.6 Å². The van der Waals surface area contributed by atoms with E-state index in [1.807, 2.05) is 6.92 Å². The average Bonchev–Trinajstić information content (AvgIpc) is 2.52. The molecule has 1 amide bonds. The van der Waals surface area contributed by atoms with Gasteiger partial charge < -0.3 is 19.5 Å². The largest absolute Gasteiger partial charge is 0.493 e. The Morgan fingerprint density at radius 3 is 2.52 bits per heavy atom. The molecule has 1 unspecified atom stereocenters. The van der Waals surface area contributed by atoms with E-state index < -0.39 is 24.6 Å². The number of esters is 1. The first-order chi connectivity index (χ1) is 10.9. The van der Waals surface area contributed by atoms with Gasteiger partial charge in [0.05, 0.1) is 12.7 Å². The second kappa shape index (κ2) is 8.92. The van der Waals surface area contributed by atoms with Crippen LogP contribution in [0.15, 0.2) is 18.2 Å². The summed E-state index contributed by atoms with van der Waals surface area (Å²) in [6, 6.07) is 3.62. The topological polar surface area (TPSA) is 73.9 Å². The second-order valence-corrected chi connectivity index (χ2v) is 4.58. The molecule has 1 aromatic carbocycles. The number of carbonyl (C=O) groups excluding carboxylic acids is 2. The highest BCUT2D eigenvalue weighted by atomic mass is 19.3. The van der Waals surface area contributed by atoms with E-state index in [1.54, 1.807) is 0 Å². The third kappa shape index (κ3) is 5.72. The summed E-state index contributed by atoms with van der Waals surface area (Å²) >= 11 is 0. The number of amides is 1. The lowest BCUT2D eigenvalue weighted by Crippen LogP contribution is -2.36. The van der Waals surface area contributed by atoms with Crippen LogP contribution in [0.3, 0.4) is 0 Å². The molecule has 1 aromatic rings. The Kier molecular flexibility index (Phi) is 7.24. The number of halogens is 2. The van der Waals surface area contributed by atoms with E-state index in [0.29, 0.717) is 6.54 Å². The van der Waals surface area contributed by atoms with Crippen molar-refractivity contribution in [3.05, 3.63) is 23.8 Å². The summed E-state index contributed by atoms with van der Waals surface area (Å²) in [6.45, 7) is 0.804. The van der Waals surface area contributed by atoms with Crippen LogP contribution >= 0.6 is 0 Å². The maximum absolute atomic E-state index is 12.2. The summed E-state index contributed by atoms with van der Waals surface area (Å²) in [6.07, 6.45) is -0.216. The van der Waals surface area contributed by atoms with Gasteiger partial charge in [-0.2, -0.15) is 8.78 Å². The van der Waals surface area contributed by atoms with Crippen LogP contribution in [0.25, 0.3) is 0 Å². The lowest BCUT2D eigenvalue weighted by atomic mass is 10.2. The van der Waals surface area contributed by atoms with Crippen LogP contribution < -0.4 is 14.8 Å². The Labute approximate surface area is 132 Å². The Morgan fingerprint density at radius 2 is 1.96 bits per heavy atom. The maximum Gasteiger partial charge on any atom is 0.387 e. The maximum atomic E-state index is 12.2. The molecule has 1 N–H and O–H groups in total. The first-order valence-corrected chi connectivity index (χ1v) is 7.00. The van der Waals surface area contributed by atoms with Crippen molar-refractivity contribution in [2.75, 3.05) is 13.7 Å². The van der Waals surface area contributed by atoms with Gasteiger partial charge in [-0.05, 0) is 31.5 Å². The number of hydrogen-bond donors (Lipinski definition) is 1. The van der Waals surface area contributed by atoms with Crippen molar-refractivity contribution in [1.29, 1.82) is 0 Å². The third-order valence-corrected chi connectivity index (χ3v) is 2.82. The fourth-order valence-electron chi connectivity index (χ4n) is 1.66. The summed E-state index contributed by atoms with van der Waals surface area (Å²) in [5, 5.41) is 2.60. The van der Waals surface area contributed by atoms with Crippen LogP contribution in [-0.4, -0.2) is 38.2 Å². The highest BCUT2D eigenvalue weighted by Gasteiger charge is 2.20. The van der Waals surface area contributed by atoms with Crippen molar-refractivity contribution in [2.45, 2.75) is 33.0 Å². The van der Waals surface area contributed by atoms with Gasteiger partial charge in [-0.1, -0.05) is 6.92 Å². The summed E-state index contributed by atoms with van der Waals surface area (Å²) in [5.74, 6) is -1.42. The molecule has 0 aliphatic rings. The van der Waals surface area contributed by atoms with E-state index >= 15 is 0 Å². The van der Waals surface area contributed by atoms with Crippen molar-refractivity contribution in [3.63, 3.8) is 0 Å². The number of nitrogens with one attached hydrogen (secondary N) is 1. The minimum absolute atomic E-state index is 0.0390. The quantitative estimate of drug-likeness (QED) is 0.740. The highest BCUT2D eigenvalue weighted by Crippen LogP contribution is 2.29. The van der Waals surface area contributed by atoms with Crippen LogP contribution in [0.4, 0.5) is 8.78 Å². The van der Waals surface area contributed by atoms with Gasteiger partial charge in [0.1, 0.15) is 0 Å². The molecule has 0 spiro atoms. The zero-order valence-electron chi connectivity index (χ0n) is 13.1. The van der Waals surface area contributed by atoms with Gasteiger partial charge in [0.2, 0.25) is 0 Å². The van der Waals surface area contributed by atoms with E-state index in [1.165, 1.54) is 32.2 Å². The molecule has 0 radical (unpaired) electrons. The number of ether oxygens (including phenoxy) is 3.